The number of hydrogen-bond donors (Lipinski definition) is 2. The number of halogens is 1. The van der Waals surface area contributed by atoms with Gasteiger partial charge < -0.3 is 10.6 Å². The molecule has 1 rings (SSSR count). The van der Waals surface area contributed by atoms with E-state index in [1.54, 1.807) is 0 Å². The molecule has 1 aromatic rings. The van der Waals surface area contributed by atoms with Crippen molar-refractivity contribution in [3.05, 3.63) is 27.8 Å². The summed E-state index contributed by atoms with van der Waals surface area (Å²) < 4.78 is 1.15. The minimum atomic E-state index is -0.222. The van der Waals surface area contributed by atoms with Gasteiger partial charge in [0.2, 0.25) is 5.91 Å². The smallest absolute Gasteiger partial charge is 0.242 e. The first-order chi connectivity index (χ1) is 7.49. The fourth-order valence-corrected chi connectivity index (χ4v) is 1.85. The molecule has 0 saturated carbocycles. The van der Waals surface area contributed by atoms with E-state index >= 15 is 0 Å². The molecule has 0 aliphatic rings. The van der Waals surface area contributed by atoms with Crippen LogP contribution in [0, 0.1) is 3.57 Å². The van der Waals surface area contributed by atoms with Gasteiger partial charge in [-0.3, -0.25) is 4.79 Å². The molecule has 88 valence electrons. The van der Waals surface area contributed by atoms with Crippen molar-refractivity contribution >= 4 is 34.2 Å². The lowest BCUT2D eigenvalue weighted by atomic mass is 10.2. The highest BCUT2D eigenvalue weighted by Crippen LogP contribution is 2.13. The molecule has 16 heavy (non-hydrogen) atoms. The molecule has 0 saturated heterocycles. The Bertz CT molecular complexity index is 366. The topological polar surface area (TPSA) is 41.1 Å². The summed E-state index contributed by atoms with van der Waals surface area (Å²) in [5, 5.41) is 6.05. The first-order valence-corrected chi connectivity index (χ1v) is 6.39. The summed E-state index contributed by atoms with van der Waals surface area (Å²) in [6.45, 7) is 5.77. The Labute approximate surface area is 110 Å². The fourth-order valence-electron chi connectivity index (χ4n) is 1.30. The van der Waals surface area contributed by atoms with Crippen molar-refractivity contribution in [2.75, 3.05) is 5.32 Å². The molecule has 0 aromatic heterocycles. The van der Waals surface area contributed by atoms with E-state index in [1.165, 1.54) is 0 Å². The van der Waals surface area contributed by atoms with Crippen LogP contribution < -0.4 is 10.6 Å². The highest BCUT2D eigenvalue weighted by molar-refractivity contribution is 14.1. The third-order valence-electron chi connectivity index (χ3n) is 2.03. The van der Waals surface area contributed by atoms with Crippen molar-refractivity contribution in [2.45, 2.75) is 32.9 Å². The summed E-state index contributed by atoms with van der Waals surface area (Å²) in [4.78, 5) is 11.7. The summed E-state index contributed by atoms with van der Waals surface area (Å²) in [6, 6.07) is 7.91. The summed E-state index contributed by atoms with van der Waals surface area (Å²) in [6.07, 6.45) is 0. The van der Waals surface area contributed by atoms with Gasteiger partial charge in [0.05, 0.1) is 0 Å². The van der Waals surface area contributed by atoms with Crippen LogP contribution in [0.15, 0.2) is 24.3 Å². The lowest BCUT2D eigenvalue weighted by Crippen LogP contribution is -2.40. The maximum atomic E-state index is 11.7. The summed E-state index contributed by atoms with van der Waals surface area (Å²) >= 11 is 2.25. The predicted octanol–water partition coefficient (Wildman–Crippen LogP) is 2.62. The van der Waals surface area contributed by atoms with Crippen molar-refractivity contribution in [3.8, 4) is 0 Å². The zero-order valence-electron chi connectivity index (χ0n) is 9.75. The highest BCUT2D eigenvalue weighted by atomic mass is 127. The maximum absolute atomic E-state index is 11.7. The molecule has 0 bridgehead atoms. The van der Waals surface area contributed by atoms with Crippen molar-refractivity contribution in [1.82, 2.24) is 5.32 Å². The molecular formula is C12H17IN2O. The van der Waals surface area contributed by atoms with Gasteiger partial charge >= 0.3 is 0 Å². The van der Waals surface area contributed by atoms with E-state index in [9.17, 15) is 4.79 Å². The lowest BCUT2D eigenvalue weighted by molar-refractivity contribution is -0.122. The van der Waals surface area contributed by atoms with E-state index < -0.39 is 0 Å². The van der Waals surface area contributed by atoms with Crippen molar-refractivity contribution in [2.24, 2.45) is 0 Å². The molecule has 0 heterocycles. The number of rotatable bonds is 4. The second-order valence-electron chi connectivity index (χ2n) is 4.04. The number of benzene rings is 1. The molecule has 2 N–H and O–H groups in total. The zero-order valence-corrected chi connectivity index (χ0v) is 11.9. The van der Waals surface area contributed by atoms with Gasteiger partial charge in [-0.2, -0.15) is 0 Å². The van der Waals surface area contributed by atoms with Crippen molar-refractivity contribution in [3.63, 3.8) is 0 Å². The van der Waals surface area contributed by atoms with Crippen LogP contribution in [-0.2, 0) is 4.79 Å². The number of amides is 1. The van der Waals surface area contributed by atoms with Gasteiger partial charge in [0.1, 0.15) is 6.04 Å². The Hall–Kier alpha value is -0.780. The monoisotopic (exact) mass is 332 g/mol. The molecule has 1 atom stereocenters. The van der Waals surface area contributed by atoms with Gasteiger partial charge in [-0.05, 0) is 61.6 Å². The number of nitrogens with one attached hydrogen (secondary N) is 2. The Morgan fingerprint density at radius 3 is 2.56 bits per heavy atom. The first-order valence-electron chi connectivity index (χ1n) is 5.31. The van der Waals surface area contributed by atoms with Crippen molar-refractivity contribution < 1.29 is 4.79 Å². The Balaban J connectivity index is 2.57. The largest absolute Gasteiger partial charge is 0.374 e. The zero-order chi connectivity index (χ0) is 12.1. The van der Waals surface area contributed by atoms with E-state index in [1.807, 2.05) is 45.0 Å². The minimum Gasteiger partial charge on any atom is -0.374 e. The summed E-state index contributed by atoms with van der Waals surface area (Å²) in [5.41, 5.74) is 0.971. The highest BCUT2D eigenvalue weighted by Gasteiger charge is 2.12. The van der Waals surface area contributed by atoms with Gasteiger partial charge in [-0.1, -0.05) is 6.07 Å². The number of carbonyl (C=O) groups is 1. The summed E-state index contributed by atoms with van der Waals surface area (Å²) in [5.74, 6) is 0.0221. The maximum Gasteiger partial charge on any atom is 0.242 e. The van der Waals surface area contributed by atoms with E-state index in [-0.39, 0.29) is 18.0 Å². The van der Waals surface area contributed by atoms with E-state index in [2.05, 4.69) is 33.2 Å². The third kappa shape index (κ3) is 4.38. The Morgan fingerprint density at radius 1 is 1.31 bits per heavy atom. The van der Waals surface area contributed by atoms with Crippen molar-refractivity contribution in [1.29, 1.82) is 0 Å². The van der Waals surface area contributed by atoms with Crippen LogP contribution in [0.3, 0.4) is 0 Å². The van der Waals surface area contributed by atoms with Crippen LogP contribution in [0.1, 0.15) is 20.8 Å². The first kappa shape index (κ1) is 13.3. The molecule has 0 radical (unpaired) electrons. The molecule has 1 amide bonds. The second kappa shape index (κ2) is 6.08. The Kier molecular flexibility index (Phi) is 5.05. The second-order valence-corrected chi connectivity index (χ2v) is 5.29. The fraction of sp³-hybridized carbons (Fsp3) is 0.417. The third-order valence-corrected chi connectivity index (χ3v) is 2.70. The average Bonchev–Trinajstić information content (AvgIpc) is 2.16. The normalized spacial score (nSPS) is 12.3. The van der Waals surface area contributed by atoms with E-state index in [0.29, 0.717) is 0 Å². The van der Waals surface area contributed by atoms with Gasteiger partial charge in [0, 0.05) is 15.3 Å². The summed E-state index contributed by atoms with van der Waals surface area (Å²) in [7, 11) is 0. The van der Waals surface area contributed by atoms with Crippen LogP contribution >= 0.6 is 22.6 Å². The molecule has 1 aromatic carbocycles. The number of carbonyl (C=O) groups excluding carboxylic acids is 1. The standard InChI is InChI=1S/C12H17IN2O/c1-8(2)14-12(16)9(3)15-11-6-4-5-10(13)7-11/h4-9,15H,1-3H3,(H,14,16). The molecule has 4 heteroatoms. The van der Waals surface area contributed by atoms with E-state index in [0.717, 1.165) is 9.26 Å². The Morgan fingerprint density at radius 2 is 2.00 bits per heavy atom. The molecule has 0 aliphatic carbocycles. The van der Waals surface area contributed by atoms with Crippen LogP contribution in [0.5, 0.6) is 0 Å². The molecular weight excluding hydrogens is 315 g/mol. The van der Waals surface area contributed by atoms with Gasteiger partial charge in [-0.15, -0.1) is 0 Å². The molecule has 1 unspecified atom stereocenters. The molecule has 3 nitrogen and oxygen atoms in total. The average molecular weight is 332 g/mol. The number of anilines is 1. The SMILES string of the molecule is CC(C)NC(=O)C(C)Nc1cccc(I)c1. The van der Waals surface area contributed by atoms with E-state index in [4.69, 9.17) is 0 Å². The molecule has 0 aliphatic heterocycles. The van der Waals surface area contributed by atoms with Gasteiger partial charge in [-0.25, -0.2) is 0 Å². The minimum absolute atomic E-state index is 0.0221. The van der Waals surface area contributed by atoms with Crippen LogP contribution in [0.25, 0.3) is 0 Å². The van der Waals surface area contributed by atoms with Crippen LogP contribution in [0.4, 0.5) is 5.69 Å². The molecule has 0 fully saturated rings. The van der Waals surface area contributed by atoms with Gasteiger partial charge in [0.25, 0.3) is 0 Å². The lowest BCUT2D eigenvalue weighted by Gasteiger charge is -2.17. The van der Waals surface area contributed by atoms with Gasteiger partial charge in [0.15, 0.2) is 0 Å². The number of hydrogen-bond acceptors (Lipinski definition) is 2. The predicted molar refractivity (Wildman–Crippen MR) is 75.5 cm³/mol. The molecule has 0 spiro atoms. The van der Waals surface area contributed by atoms with Crippen LogP contribution in [0.2, 0.25) is 0 Å². The van der Waals surface area contributed by atoms with Crippen LogP contribution in [-0.4, -0.2) is 18.0 Å². The quantitative estimate of drug-likeness (QED) is 0.833.